The first kappa shape index (κ1) is 17.6. The van der Waals surface area contributed by atoms with E-state index < -0.39 is 0 Å². The lowest BCUT2D eigenvalue weighted by Gasteiger charge is -2.01. The van der Waals surface area contributed by atoms with Gasteiger partial charge in [0.25, 0.3) is 0 Å². The van der Waals surface area contributed by atoms with Crippen molar-refractivity contribution in [2.24, 2.45) is 0 Å². The van der Waals surface area contributed by atoms with Gasteiger partial charge >= 0.3 is 0 Å². The summed E-state index contributed by atoms with van der Waals surface area (Å²) in [5.41, 5.74) is 1.49. The van der Waals surface area contributed by atoms with Gasteiger partial charge in [0.2, 0.25) is 0 Å². The van der Waals surface area contributed by atoms with Crippen LogP contribution in [0, 0.1) is 0 Å². The summed E-state index contributed by atoms with van der Waals surface area (Å²) < 4.78 is 0. The number of rotatable bonds is 9. The summed E-state index contributed by atoms with van der Waals surface area (Å²) in [5, 5.41) is 0. The van der Waals surface area contributed by atoms with E-state index in [1.54, 1.807) is 0 Å². The topological polar surface area (TPSA) is 17.1 Å². The highest BCUT2D eigenvalue weighted by Gasteiger charge is 1.92. The van der Waals surface area contributed by atoms with Gasteiger partial charge in [-0.2, -0.15) is 0 Å². The van der Waals surface area contributed by atoms with Gasteiger partial charge in [-0.25, -0.2) is 0 Å². The molecule has 1 nitrogen and oxygen atoms in total. The SMILES string of the molecule is C=CC=O.CCCCCCCCCc1ccccc1. The van der Waals surface area contributed by atoms with E-state index in [-0.39, 0.29) is 0 Å². The van der Waals surface area contributed by atoms with Gasteiger partial charge in [-0.1, -0.05) is 82.4 Å². The molecule has 0 aromatic heterocycles. The molecule has 0 aliphatic carbocycles. The molecule has 0 saturated carbocycles. The number of hydrogen-bond donors (Lipinski definition) is 0. The number of carbonyl (C=O) groups excluding carboxylic acids is 1. The summed E-state index contributed by atoms with van der Waals surface area (Å²) in [6.07, 6.45) is 12.9. The van der Waals surface area contributed by atoms with Crippen molar-refractivity contribution in [3.8, 4) is 0 Å². The van der Waals surface area contributed by atoms with Crippen molar-refractivity contribution >= 4 is 6.29 Å². The highest BCUT2D eigenvalue weighted by Crippen LogP contribution is 2.10. The average Bonchev–Trinajstić information content (AvgIpc) is 2.48. The summed E-state index contributed by atoms with van der Waals surface area (Å²) in [6, 6.07) is 10.8. The van der Waals surface area contributed by atoms with Gasteiger partial charge in [-0.15, -0.1) is 0 Å². The van der Waals surface area contributed by atoms with Crippen LogP contribution < -0.4 is 0 Å². The molecule has 1 rings (SSSR count). The van der Waals surface area contributed by atoms with Crippen molar-refractivity contribution in [1.82, 2.24) is 0 Å². The first-order chi connectivity index (χ1) is 9.35. The van der Waals surface area contributed by atoms with Crippen LogP contribution in [0.3, 0.4) is 0 Å². The quantitative estimate of drug-likeness (QED) is 0.332. The number of aldehydes is 1. The predicted molar refractivity (Wildman–Crippen MR) is 84.4 cm³/mol. The fourth-order valence-electron chi connectivity index (χ4n) is 1.93. The Balaban J connectivity index is 0.000000711. The minimum atomic E-state index is 0.639. The van der Waals surface area contributed by atoms with E-state index in [9.17, 15) is 0 Å². The number of unbranched alkanes of at least 4 members (excludes halogenated alkanes) is 6. The minimum Gasteiger partial charge on any atom is -0.299 e. The Morgan fingerprint density at radius 3 is 2.00 bits per heavy atom. The Hall–Kier alpha value is -1.37. The molecule has 0 fully saturated rings. The lowest BCUT2D eigenvalue weighted by atomic mass is 10.0. The highest BCUT2D eigenvalue weighted by atomic mass is 16.1. The second-order valence-corrected chi connectivity index (χ2v) is 4.73. The molecule has 0 bridgehead atoms. The van der Waals surface area contributed by atoms with Crippen LogP contribution >= 0.6 is 0 Å². The van der Waals surface area contributed by atoms with Crippen molar-refractivity contribution in [1.29, 1.82) is 0 Å². The zero-order chi connectivity index (χ0) is 14.2. The van der Waals surface area contributed by atoms with Crippen molar-refractivity contribution in [2.45, 2.75) is 58.3 Å². The van der Waals surface area contributed by atoms with E-state index in [1.807, 2.05) is 0 Å². The number of allylic oxidation sites excluding steroid dienone is 1. The third-order valence-electron chi connectivity index (χ3n) is 3.01. The fourth-order valence-corrected chi connectivity index (χ4v) is 1.93. The zero-order valence-electron chi connectivity index (χ0n) is 12.3. The van der Waals surface area contributed by atoms with Crippen LogP contribution in [0.2, 0.25) is 0 Å². The van der Waals surface area contributed by atoms with Gasteiger partial charge in [0.1, 0.15) is 6.29 Å². The molecular weight excluding hydrogens is 232 g/mol. The Bertz CT molecular complexity index is 297. The van der Waals surface area contributed by atoms with Crippen LogP contribution in [0.4, 0.5) is 0 Å². The second-order valence-electron chi connectivity index (χ2n) is 4.73. The van der Waals surface area contributed by atoms with Crippen LogP contribution in [0.25, 0.3) is 0 Å². The van der Waals surface area contributed by atoms with Gasteiger partial charge in [-0.3, -0.25) is 4.79 Å². The molecule has 106 valence electrons. The van der Waals surface area contributed by atoms with E-state index in [2.05, 4.69) is 43.8 Å². The molecule has 0 spiro atoms. The summed E-state index contributed by atoms with van der Waals surface area (Å²) in [4.78, 5) is 9.06. The Labute approximate surface area is 118 Å². The smallest absolute Gasteiger partial charge is 0.142 e. The molecule has 0 atom stereocenters. The van der Waals surface area contributed by atoms with Crippen LogP contribution in [0.5, 0.6) is 0 Å². The Morgan fingerprint density at radius 1 is 0.947 bits per heavy atom. The van der Waals surface area contributed by atoms with Crippen molar-refractivity contribution in [3.05, 3.63) is 48.6 Å². The third kappa shape index (κ3) is 12.9. The standard InChI is InChI=1S/C15H24.C3H4O/c1-2-3-4-5-6-7-9-12-15-13-10-8-11-14-15;1-2-3-4/h8,10-11,13-14H,2-7,9,12H2,1H3;2-3H,1H2. The highest BCUT2D eigenvalue weighted by molar-refractivity contribution is 5.63. The minimum absolute atomic E-state index is 0.639. The molecule has 19 heavy (non-hydrogen) atoms. The van der Waals surface area contributed by atoms with Gasteiger partial charge in [0.15, 0.2) is 0 Å². The lowest BCUT2D eigenvalue weighted by molar-refractivity contribution is -0.104. The van der Waals surface area contributed by atoms with Crippen LogP contribution in [0.15, 0.2) is 43.0 Å². The zero-order valence-corrected chi connectivity index (χ0v) is 12.3. The summed E-state index contributed by atoms with van der Waals surface area (Å²) in [7, 11) is 0. The van der Waals surface area contributed by atoms with Crippen molar-refractivity contribution < 1.29 is 4.79 Å². The number of hydrogen-bond acceptors (Lipinski definition) is 1. The Kier molecular flexibility index (Phi) is 13.6. The molecule has 1 heteroatoms. The van der Waals surface area contributed by atoms with Crippen LogP contribution in [-0.2, 0) is 11.2 Å². The van der Waals surface area contributed by atoms with E-state index in [4.69, 9.17) is 4.79 Å². The maximum atomic E-state index is 9.06. The van der Waals surface area contributed by atoms with E-state index >= 15 is 0 Å². The molecule has 0 aliphatic rings. The molecule has 0 heterocycles. The van der Waals surface area contributed by atoms with E-state index in [1.165, 1.54) is 63.0 Å². The van der Waals surface area contributed by atoms with Crippen LogP contribution in [0.1, 0.15) is 57.4 Å². The molecule has 1 aromatic rings. The first-order valence-electron chi connectivity index (χ1n) is 7.45. The summed E-state index contributed by atoms with van der Waals surface area (Å²) in [5.74, 6) is 0. The first-order valence-corrected chi connectivity index (χ1v) is 7.45. The third-order valence-corrected chi connectivity index (χ3v) is 3.01. The van der Waals surface area contributed by atoms with Gasteiger partial charge in [0.05, 0.1) is 0 Å². The molecule has 0 saturated heterocycles. The lowest BCUT2D eigenvalue weighted by Crippen LogP contribution is -1.85. The van der Waals surface area contributed by atoms with Crippen molar-refractivity contribution in [3.63, 3.8) is 0 Å². The predicted octanol–water partition coefficient (Wildman–Crippen LogP) is 5.35. The Morgan fingerprint density at radius 2 is 1.47 bits per heavy atom. The maximum Gasteiger partial charge on any atom is 0.142 e. The molecule has 0 N–H and O–H groups in total. The van der Waals surface area contributed by atoms with Gasteiger partial charge in [0, 0.05) is 0 Å². The molecule has 0 unspecified atom stereocenters. The van der Waals surface area contributed by atoms with E-state index in [0.717, 1.165) is 0 Å². The molecular formula is C18H28O. The normalized spacial score (nSPS) is 9.32. The van der Waals surface area contributed by atoms with Crippen molar-refractivity contribution in [2.75, 3.05) is 0 Å². The molecule has 0 amide bonds. The van der Waals surface area contributed by atoms with Crippen LogP contribution in [-0.4, -0.2) is 6.29 Å². The molecule has 1 aromatic carbocycles. The summed E-state index contributed by atoms with van der Waals surface area (Å²) in [6.45, 7) is 5.38. The number of benzene rings is 1. The average molecular weight is 260 g/mol. The number of aryl methyl sites for hydroxylation is 1. The maximum absolute atomic E-state index is 9.06. The molecule has 0 radical (unpaired) electrons. The number of carbonyl (C=O) groups is 1. The van der Waals surface area contributed by atoms with Gasteiger partial charge < -0.3 is 0 Å². The fraction of sp³-hybridized carbons (Fsp3) is 0.500. The monoisotopic (exact) mass is 260 g/mol. The van der Waals surface area contributed by atoms with Gasteiger partial charge in [-0.05, 0) is 24.5 Å². The second kappa shape index (κ2) is 14.7. The summed E-state index contributed by atoms with van der Waals surface area (Å²) >= 11 is 0. The molecule has 0 aliphatic heterocycles. The van der Waals surface area contributed by atoms with E-state index in [0.29, 0.717) is 6.29 Å². The largest absolute Gasteiger partial charge is 0.299 e.